The molecular weight excluding hydrogens is 343 g/mol. The summed E-state index contributed by atoms with van der Waals surface area (Å²) < 4.78 is 38.1. The highest BCUT2D eigenvalue weighted by Gasteiger charge is 2.32. The highest BCUT2D eigenvalue weighted by atomic mass is 79.9. The highest BCUT2D eigenvalue weighted by molar-refractivity contribution is 9.10. The number of benzene rings is 1. The number of rotatable bonds is 4. The van der Waals surface area contributed by atoms with Crippen LogP contribution >= 0.6 is 15.9 Å². The first-order valence-electron chi connectivity index (χ1n) is 5.59. The third kappa shape index (κ3) is 4.77. The van der Waals surface area contributed by atoms with Crippen LogP contribution in [0.1, 0.15) is 24.2 Å². The predicted molar refractivity (Wildman–Crippen MR) is 68.8 cm³/mol. The van der Waals surface area contributed by atoms with Crippen LogP contribution in [-0.2, 0) is 11.0 Å². The summed E-state index contributed by atoms with van der Waals surface area (Å²) >= 11 is 2.92. The molecule has 20 heavy (non-hydrogen) atoms. The molecule has 0 bridgehead atoms. The van der Waals surface area contributed by atoms with Crippen LogP contribution < -0.4 is 5.32 Å². The lowest BCUT2D eigenvalue weighted by Gasteiger charge is -2.20. The Balaban J connectivity index is 2.95. The molecule has 0 heterocycles. The van der Waals surface area contributed by atoms with E-state index in [9.17, 15) is 28.2 Å². The second-order valence-electron chi connectivity index (χ2n) is 4.22. The van der Waals surface area contributed by atoms with Crippen molar-refractivity contribution in [2.75, 3.05) is 6.54 Å². The normalized spacial score (nSPS) is 14.8. The van der Waals surface area contributed by atoms with Crippen molar-refractivity contribution in [2.24, 2.45) is 0 Å². The second-order valence-corrected chi connectivity index (χ2v) is 5.14. The zero-order valence-electron chi connectivity index (χ0n) is 10.4. The van der Waals surface area contributed by atoms with E-state index in [4.69, 9.17) is 0 Å². The van der Waals surface area contributed by atoms with Gasteiger partial charge in [0.05, 0.1) is 5.56 Å². The second kappa shape index (κ2) is 6.55. The molecule has 2 unspecified atom stereocenters. The average Bonchev–Trinajstić information content (AvgIpc) is 2.33. The Bertz CT molecular complexity index is 493. The number of nitrogens with one attached hydrogen (secondary N) is 1. The molecule has 0 spiro atoms. The zero-order chi connectivity index (χ0) is 15.5. The van der Waals surface area contributed by atoms with Gasteiger partial charge in [0, 0.05) is 17.9 Å². The smallest absolute Gasteiger partial charge is 0.388 e. The van der Waals surface area contributed by atoms with Gasteiger partial charge in [-0.25, -0.2) is 0 Å². The number of hydrogen-bond acceptors (Lipinski definition) is 3. The van der Waals surface area contributed by atoms with Crippen LogP contribution in [0, 0.1) is 0 Å². The lowest BCUT2D eigenvalue weighted by molar-refractivity contribution is -0.137. The molecule has 0 aliphatic heterocycles. The number of alkyl halides is 3. The van der Waals surface area contributed by atoms with Gasteiger partial charge in [-0.3, -0.25) is 4.79 Å². The number of carbonyl (C=O) groups excluding carboxylic acids is 1. The van der Waals surface area contributed by atoms with Crippen molar-refractivity contribution in [3.05, 3.63) is 33.8 Å². The predicted octanol–water partition coefficient (Wildman–Crippen LogP) is 2.00. The topological polar surface area (TPSA) is 69.6 Å². The van der Waals surface area contributed by atoms with Gasteiger partial charge in [0.1, 0.15) is 12.2 Å². The monoisotopic (exact) mass is 355 g/mol. The van der Waals surface area contributed by atoms with E-state index in [1.165, 1.54) is 13.0 Å². The Morgan fingerprint density at radius 3 is 2.45 bits per heavy atom. The van der Waals surface area contributed by atoms with Gasteiger partial charge in [-0.1, -0.05) is 15.9 Å². The largest absolute Gasteiger partial charge is 0.416 e. The molecule has 0 saturated heterocycles. The summed E-state index contributed by atoms with van der Waals surface area (Å²) in [4.78, 5) is 10.7. The minimum atomic E-state index is -4.55. The van der Waals surface area contributed by atoms with Crippen LogP contribution in [0.25, 0.3) is 0 Å². The quantitative estimate of drug-likeness (QED) is 0.773. The van der Waals surface area contributed by atoms with E-state index < -0.39 is 29.9 Å². The molecule has 1 aromatic rings. The van der Waals surface area contributed by atoms with Crippen molar-refractivity contribution in [1.82, 2.24) is 5.32 Å². The van der Waals surface area contributed by atoms with Gasteiger partial charge in [0.25, 0.3) is 0 Å². The molecule has 1 amide bonds. The molecule has 112 valence electrons. The Kier molecular flexibility index (Phi) is 5.55. The minimum absolute atomic E-state index is 0.0930. The summed E-state index contributed by atoms with van der Waals surface area (Å²) in [5.41, 5.74) is -1.03. The zero-order valence-corrected chi connectivity index (χ0v) is 12.0. The lowest BCUT2D eigenvalue weighted by atomic mass is 10.0. The van der Waals surface area contributed by atoms with Gasteiger partial charge in [0.2, 0.25) is 5.91 Å². The fourth-order valence-electron chi connectivity index (χ4n) is 1.53. The third-order valence-corrected chi connectivity index (χ3v) is 2.97. The maximum atomic E-state index is 12.6. The van der Waals surface area contributed by atoms with Crippen LogP contribution in [0.3, 0.4) is 0 Å². The Hall–Kier alpha value is -1.12. The van der Waals surface area contributed by atoms with Crippen LogP contribution in [0.15, 0.2) is 22.7 Å². The molecule has 0 saturated carbocycles. The van der Waals surface area contributed by atoms with E-state index in [2.05, 4.69) is 21.2 Å². The summed E-state index contributed by atoms with van der Waals surface area (Å²) in [6.45, 7) is 0.963. The van der Waals surface area contributed by atoms with E-state index >= 15 is 0 Å². The number of halogens is 4. The molecule has 2 atom stereocenters. The molecule has 0 radical (unpaired) electrons. The van der Waals surface area contributed by atoms with Gasteiger partial charge in [0.15, 0.2) is 0 Å². The van der Waals surface area contributed by atoms with Gasteiger partial charge in [-0.15, -0.1) is 0 Å². The Labute approximate surface area is 121 Å². The first-order chi connectivity index (χ1) is 9.11. The summed E-state index contributed by atoms with van der Waals surface area (Å²) in [7, 11) is 0. The standard InChI is InChI=1S/C12H13BrF3NO3/c1-6(18)17-5-10(19)11(20)7-2-8(12(14,15)16)4-9(13)3-7/h2-4,10-11,19-20H,5H2,1H3,(H,17,18). The van der Waals surface area contributed by atoms with E-state index in [1.54, 1.807) is 0 Å². The minimum Gasteiger partial charge on any atom is -0.388 e. The number of aliphatic hydroxyl groups is 2. The van der Waals surface area contributed by atoms with Crippen LogP contribution in [0.5, 0.6) is 0 Å². The molecule has 0 aliphatic carbocycles. The SMILES string of the molecule is CC(=O)NCC(O)C(O)c1cc(Br)cc(C(F)(F)F)c1. The highest BCUT2D eigenvalue weighted by Crippen LogP contribution is 2.33. The first-order valence-corrected chi connectivity index (χ1v) is 6.39. The van der Waals surface area contributed by atoms with Crippen LogP contribution in [0.4, 0.5) is 13.2 Å². The maximum Gasteiger partial charge on any atom is 0.416 e. The molecule has 0 aliphatic rings. The maximum absolute atomic E-state index is 12.6. The molecule has 0 fully saturated rings. The number of amides is 1. The van der Waals surface area contributed by atoms with E-state index in [1.807, 2.05) is 0 Å². The van der Waals surface area contributed by atoms with Crippen molar-refractivity contribution in [1.29, 1.82) is 0 Å². The Morgan fingerprint density at radius 2 is 1.95 bits per heavy atom. The summed E-state index contributed by atoms with van der Waals surface area (Å²) in [5.74, 6) is -0.415. The van der Waals surface area contributed by atoms with Crippen molar-refractivity contribution < 1.29 is 28.2 Å². The third-order valence-electron chi connectivity index (χ3n) is 2.51. The van der Waals surface area contributed by atoms with E-state index in [0.717, 1.165) is 12.1 Å². The molecule has 8 heteroatoms. The van der Waals surface area contributed by atoms with E-state index in [0.29, 0.717) is 0 Å². The first kappa shape index (κ1) is 16.9. The van der Waals surface area contributed by atoms with Gasteiger partial charge in [-0.05, 0) is 23.8 Å². The van der Waals surface area contributed by atoms with Gasteiger partial charge >= 0.3 is 6.18 Å². The number of hydrogen-bond donors (Lipinski definition) is 3. The molecule has 4 nitrogen and oxygen atoms in total. The lowest BCUT2D eigenvalue weighted by Crippen LogP contribution is -2.34. The molecule has 0 aromatic heterocycles. The number of carbonyl (C=O) groups is 1. The molecule has 1 aromatic carbocycles. The number of aliphatic hydroxyl groups excluding tert-OH is 2. The molecule has 3 N–H and O–H groups in total. The van der Waals surface area contributed by atoms with E-state index in [-0.39, 0.29) is 16.6 Å². The fourth-order valence-corrected chi connectivity index (χ4v) is 2.04. The fraction of sp³-hybridized carbons (Fsp3) is 0.417. The van der Waals surface area contributed by atoms with Crippen molar-refractivity contribution >= 4 is 21.8 Å². The average molecular weight is 356 g/mol. The summed E-state index contributed by atoms with van der Waals surface area (Å²) in [6.07, 6.45) is -7.50. The summed E-state index contributed by atoms with van der Waals surface area (Å²) in [6, 6.07) is 2.90. The Morgan fingerprint density at radius 1 is 1.35 bits per heavy atom. The van der Waals surface area contributed by atoms with Crippen molar-refractivity contribution in [3.63, 3.8) is 0 Å². The van der Waals surface area contributed by atoms with Crippen LogP contribution in [0.2, 0.25) is 0 Å². The van der Waals surface area contributed by atoms with Gasteiger partial charge in [-0.2, -0.15) is 13.2 Å². The van der Waals surface area contributed by atoms with Crippen molar-refractivity contribution in [2.45, 2.75) is 25.3 Å². The molecular formula is C12H13BrF3NO3. The summed E-state index contributed by atoms with van der Waals surface area (Å²) in [5, 5.41) is 21.7. The van der Waals surface area contributed by atoms with Crippen molar-refractivity contribution in [3.8, 4) is 0 Å². The molecule has 1 rings (SSSR count). The van der Waals surface area contributed by atoms with Crippen LogP contribution in [-0.4, -0.2) is 28.8 Å². The van der Waals surface area contributed by atoms with Gasteiger partial charge < -0.3 is 15.5 Å².